The molecule has 0 aliphatic carbocycles. The van der Waals surface area contributed by atoms with Crippen LogP contribution < -0.4 is 11.3 Å². The maximum absolute atomic E-state index is 11.0. The highest BCUT2D eigenvalue weighted by Gasteiger charge is 1.98. The second-order valence-corrected chi connectivity index (χ2v) is 4.17. The van der Waals surface area contributed by atoms with Crippen molar-refractivity contribution in [2.24, 2.45) is 0 Å². The minimum atomic E-state index is -0.138. The Labute approximate surface area is 95.9 Å². The Morgan fingerprint density at radius 2 is 2.38 bits per heavy atom. The van der Waals surface area contributed by atoms with Gasteiger partial charge in [-0.05, 0) is 6.07 Å². The summed E-state index contributed by atoms with van der Waals surface area (Å²) in [6, 6.07) is 3.13. The lowest BCUT2D eigenvalue weighted by molar-refractivity contribution is 0.669. The lowest BCUT2D eigenvalue weighted by Gasteiger charge is -2.00. The van der Waals surface area contributed by atoms with Crippen molar-refractivity contribution in [2.75, 3.05) is 11.5 Å². The molecule has 3 N–H and O–H groups in total. The third-order valence-corrected chi connectivity index (χ3v) is 2.74. The monoisotopic (exact) mass is 237 g/mol. The first-order valence-electron chi connectivity index (χ1n) is 4.71. The van der Waals surface area contributed by atoms with Gasteiger partial charge in [-0.3, -0.25) is 9.48 Å². The van der Waals surface area contributed by atoms with E-state index in [0.717, 1.165) is 12.3 Å². The van der Waals surface area contributed by atoms with Gasteiger partial charge < -0.3 is 10.7 Å². The number of nitrogen functional groups attached to an aromatic ring is 1. The molecule has 0 amide bonds. The predicted octanol–water partition coefficient (Wildman–Crippen LogP) is 0.341. The van der Waals surface area contributed by atoms with Gasteiger partial charge in [0.2, 0.25) is 0 Å². The number of H-pyrrole nitrogens is 1. The van der Waals surface area contributed by atoms with Gasteiger partial charge in [0.15, 0.2) is 5.16 Å². The molecule has 16 heavy (non-hydrogen) atoms. The highest BCUT2D eigenvalue weighted by molar-refractivity contribution is 7.99. The SMILES string of the molecule is Nc1ccn(CCSc2nccc(=O)[nH]2)n1. The molecule has 0 aromatic carbocycles. The van der Waals surface area contributed by atoms with E-state index in [2.05, 4.69) is 15.1 Å². The normalized spacial score (nSPS) is 10.5. The van der Waals surface area contributed by atoms with Crippen molar-refractivity contribution in [3.05, 3.63) is 34.9 Å². The number of nitrogens with zero attached hydrogens (tertiary/aromatic N) is 3. The van der Waals surface area contributed by atoms with Crippen LogP contribution in [0, 0.1) is 0 Å². The minimum absolute atomic E-state index is 0.138. The molecule has 0 bridgehead atoms. The van der Waals surface area contributed by atoms with Crippen LogP contribution in [0.1, 0.15) is 0 Å². The molecular formula is C9H11N5OS. The van der Waals surface area contributed by atoms with Gasteiger partial charge in [-0.15, -0.1) is 0 Å². The van der Waals surface area contributed by atoms with Crippen molar-refractivity contribution in [3.63, 3.8) is 0 Å². The Kier molecular flexibility index (Phi) is 3.25. The zero-order valence-corrected chi connectivity index (χ0v) is 9.28. The maximum atomic E-state index is 11.0. The Morgan fingerprint density at radius 1 is 1.50 bits per heavy atom. The third-order valence-electron chi connectivity index (χ3n) is 1.87. The van der Waals surface area contributed by atoms with Crippen molar-refractivity contribution in [3.8, 4) is 0 Å². The topological polar surface area (TPSA) is 89.6 Å². The standard InChI is InChI=1S/C9H11N5OS/c10-7-2-4-14(13-7)5-6-16-9-11-3-1-8(15)12-9/h1-4H,5-6H2,(H2,10,13)(H,11,12,15). The van der Waals surface area contributed by atoms with Crippen LogP contribution in [0.15, 0.2) is 34.5 Å². The Balaban J connectivity index is 1.86. The number of anilines is 1. The molecule has 0 aliphatic rings. The molecule has 2 rings (SSSR count). The average molecular weight is 237 g/mol. The molecule has 0 saturated heterocycles. The summed E-state index contributed by atoms with van der Waals surface area (Å²) >= 11 is 1.47. The molecule has 0 saturated carbocycles. The van der Waals surface area contributed by atoms with E-state index < -0.39 is 0 Å². The second kappa shape index (κ2) is 4.84. The molecule has 2 aromatic heterocycles. The summed E-state index contributed by atoms with van der Waals surface area (Å²) in [5, 5.41) is 4.67. The van der Waals surface area contributed by atoms with E-state index in [1.54, 1.807) is 10.7 Å². The number of rotatable bonds is 4. The van der Waals surface area contributed by atoms with E-state index in [1.807, 2.05) is 6.20 Å². The van der Waals surface area contributed by atoms with Crippen LogP contribution in [0.3, 0.4) is 0 Å². The Hall–Kier alpha value is -1.76. The van der Waals surface area contributed by atoms with Crippen LogP contribution in [0.5, 0.6) is 0 Å². The van der Waals surface area contributed by atoms with Gasteiger partial charge in [0, 0.05) is 24.2 Å². The minimum Gasteiger partial charge on any atom is -0.382 e. The van der Waals surface area contributed by atoms with Crippen molar-refractivity contribution >= 4 is 17.6 Å². The number of aromatic amines is 1. The Morgan fingerprint density at radius 3 is 3.06 bits per heavy atom. The molecule has 6 nitrogen and oxygen atoms in total. The van der Waals surface area contributed by atoms with Crippen molar-refractivity contribution in [2.45, 2.75) is 11.7 Å². The molecule has 7 heteroatoms. The van der Waals surface area contributed by atoms with Crippen LogP contribution in [0.25, 0.3) is 0 Å². The molecule has 2 aromatic rings. The van der Waals surface area contributed by atoms with E-state index in [9.17, 15) is 4.79 Å². The fourth-order valence-corrected chi connectivity index (χ4v) is 1.94. The molecule has 0 unspecified atom stereocenters. The summed E-state index contributed by atoms with van der Waals surface area (Å²) in [6.07, 6.45) is 3.31. The maximum Gasteiger partial charge on any atom is 0.251 e. The van der Waals surface area contributed by atoms with E-state index in [4.69, 9.17) is 5.73 Å². The van der Waals surface area contributed by atoms with E-state index >= 15 is 0 Å². The largest absolute Gasteiger partial charge is 0.382 e. The zero-order chi connectivity index (χ0) is 11.4. The van der Waals surface area contributed by atoms with E-state index in [-0.39, 0.29) is 5.56 Å². The van der Waals surface area contributed by atoms with Crippen molar-refractivity contribution in [1.82, 2.24) is 19.7 Å². The molecule has 84 valence electrons. The summed E-state index contributed by atoms with van der Waals surface area (Å²) in [4.78, 5) is 17.7. The number of hydrogen-bond donors (Lipinski definition) is 2. The van der Waals surface area contributed by atoms with Crippen LogP contribution in [-0.4, -0.2) is 25.5 Å². The zero-order valence-electron chi connectivity index (χ0n) is 8.46. The third kappa shape index (κ3) is 2.86. The fraction of sp³-hybridized carbons (Fsp3) is 0.222. The van der Waals surface area contributed by atoms with Gasteiger partial charge in [0.25, 0.3) is 5.56 Å². The quantitative estimate of drug-likeness (QED) is 0.591. The average Bonchev–Trinajstić information content (AvgIpc) is 2.64. The number of thioether (sulfide) groups is 1. The summed E-state index contributed by atoms with van der Waals surface area (Å²) in [5.41, 5.74) is 5.34. The molecule has 0 radical (unpaired) electrons. The summed E-state index contributed by atoms with van der Waals surface area (Å²) in [5.74, 6) is 1.28. The molecule has 2 heterocycles. The van der Waals surface area contributed by atoms with E-state index in [0.29, 0.717) is 11.0 Å². The molecule has 0 spiro atoms. The first kappa shape index (κ1) is 10.7. The number of hydrogen-bond acceptors (Lipinski definition) is 5. The predicted molar refractivity (Wildman–Crippen MR) is 62.2 cm³/mol. The second-order valence-electron chi connectivity index (χ2n) is 3.09. The fourth-order valence-electron chi connectivity index (χ4n) is 1.16. The molecule has 0 atom stereocenters. The lowest BCUT2D eigenvalue weighted by atomic mass is 10.7. The molecule has 0 aliphatic heterocycles. The number of aromatic nitrogens is 4. The van der Waals surface area contributed by atoms with Crippen molar-refractivity contribution < 1.29 is 0 Å². The molecular weight excluding hydrogens is 226 g/mol. The van der Waals surface area contributed by atoms with Gasteiger partial charge in [0.1, 0.15) is 5.82 Å². The van der Waals surface area contributed by atoms with Crippen LogP contribution in [0.4, 0.5) is 5.82 Å². The number of aryl methyl sites for hydroxylation is 1. The van der Waals surface area contributed by atoms with Crippen molar-refractivity contribution in [1.29, 1.82) is 0 Å². The van der Waals surface area contributed by atoms with Crippen LogP contribution in [-0.2, 0) is 6.54 Å². The summed E-state index contributed by atoms with van der Waals surface area (Å²) < 4.78 is 1.75. The molecule has 0 fully saturated rings. The smallest absolute Gasteiger partial charge is 0.251 e. The number of nitrogens with two attached hydrogens (primary N) is 1. The highest BCUT2D eigenvalue weighted by atomic mass is 32.2. The lowest BCUT2D eigenvalue weighted by Crippen LogP contribution is -2.07. The first-order valence-corrected chi connectivity index (χ1v) is 5.70. The van der Waals surface area contributed by atoms with Crippen LogP contribution >= 0.6 is 11.8 Å². The summed E-state index contributed by atoms with van der Waals surface area (Å²) in [6.45, 7) is 0.723. The van der Waals surface area contributed by atoms with Gasteiger partial charge >= 0.3 is 0 Å². The van der Waals surface area contributed by atoms with Crippen LogP contribution in [0.2, 0.25) is 0 Å². The van der Waals surface area contributed by atoms with Gasteiger partial charge in [-0.2, -0.15) is 5.10 Å². The van der Waals surface area contributed by atoms with Gasteiger partial charge in [-0.25, -0.2) is 4.98 Å². The highest BCUT2D eigenvalue weighted by Crippen LogP contribution is 2.10. The van der Waals surface area contributed by atoms with E-state index in [1.165, 1.54) is 24.0 Å². The Bertz CT molecular complexity index is 520. The van der Waals surface area contributed by atoms with Gasteiger partial charge in [-0.1, -0.05) is 11.8 Å². The number of nitrogens with one attached hydrogen (secondary N) is 1. The first-order chi connectivity index (χ1) is 7.74. The van der Waals surface area contributed by atoms with Gasteiger partial charge in [0.05, 0.1) is 6.54 Å². The summed E-state index contributed by atoms with van der Waals surface area (Å²) in [7, 11) is 0.